The highest BCUT2D eigenvalue weighted by molar-refractivity contribution is 6.13. The molecule has 5 nitrogen and oxygen atoms in total. The topological polar surface area (TPSA) is 59.4 Å². The van der Waals surface area contributed by atoms with Gasteiger partial charge in [-0.15, -0.1) is 0 Å². The molecule has 0 radical (unpaired) electrons. The van der Waals surface area contributed by atoms with Crippen molar-refractivity contribution in [3.05, 3.63) is 229 Å². The number of rotatable bonds is 7. The SMILES string of the molecule is N#Cc1cc(-n2c3ccccc3c3ccc(-c4cccc(-c5ccccc5)n4)cc32)c(-c2c(C(F)(F)F)cccc2C(F)(F)F)c(-n2c3ccccc3c3ccc(-c4cccc(-c5ccccc5)n4)cc32)c1. The van der Waals surface area contributed by atoms with Crippen molar-refractivity contribution in [2.75, 3.05) is 0 Å². The van der Waals surface area contributed by atoms with Gasteiger partial charge in [0, 0.05) is 54.9 Å². The first-order valence-electron chi connectivity index (χ1n) is 22.9. The summed E-state index contributed by atoms with van der Waals surface area (Å²) in [7, 11) is 0. The maximum absolute atomic E-state index is 15.8. The fraction of sp³-hybridized carbons (Fsp3) is 0.0328. The minimum absolute atomic E-state index is 0.000396. The van der Waals surface area contributed by atoms with Gasteiger partial charge in [-0.1, -0.05) is 140 Å². The van der Waals surface area contributed by atoms with Crippen LogP contribution in [0.4, 0.5) is 26.3 Å². The molecule has 0 saturated carbocycles. The highest BCUT2D eigenvalue weighted by Gasteiger charge is 2.43. The average Bonchev–Trinajstić information content (AvgIpc) is 3.92. The summed E-state index contributed by atoms with van der Waals surface area (Å²) < 4.78 is 97.9. The number of nitriles is 1. The lowest BCUT2D eigenvalue weighted by molar-refractivity contribution is -0.142. The van der Waals surface area contributed by atoms with Gasteiger partial charge >= 0.3 is 12.4 Å². The third-order valence-corrected chi connectivity index (χ3v) is 13.2. The fourth-order valence-corrected chi connectivity index (χ4v) is 10.1. The molecule has 0 aliphatic carbocycles. The summed E-state index contributed by atoms with van der Waals surface area (Å²) in [5.74, 6) is 0. The molecule has 8 aromatic carbocycles. The molecule has 0 aliphatic rings. The van der Waals surface area contributed by atoms with Gasteiger partial charge in [-0.05, 0) is 72.8 Å². The van der Waals surface area contributed by atoms with Crippen LogP contribution in [0.3, 0.4) is 0 Å². The van der Waals surface area contributed by atoms with Crippen molar-refractivity contribution in [1.82, 2.24) is 19.1 Å². The molecule has 4 aromatic heterocycles. The highest BCUT2D eigenvalue weighted by Crippen LogP contribution is 2.51. The van der Waals surface area contributed by atoms with Crippen LogP contribution in [0, 0.1) is 11.3 Å². The van der Waals surface area contributed by atoms with Crippen molar-refractivity contribution < 1.29 is 26.3 Å². The number of benzene rings is 8. The van der Waals surface area contributed by atoms with Gasteiger partial charge in [0.15, 0.2) is 0 Å². The quantitative estimate of drug-likeness (QED) is 0.150. The zero-order valence-electron chi connectivity index (χ0n) is 37.7. The second-order valence-electron chi connectivity index (χ2n) is 17.4. The third-order valence-electron chi connectivity index (χ3n) is 13.2. The first kappa shape index (κ1) is 44.0. The fourth-order valence-electron chi connectivity index (χ4n) is 10.1. The van der Waals surface area contributed by atoms with Crippen LogP contribution in [-0.2, 0) is 12.4 Å². The van der Waals surface area contributed by atoms with E-state index >= 15 is 26.3 Å². The summed E-state index contributed by atoms with van der Waals surface area (Å²) in [5.41, 5.74) is 3.00. The molecule has 0 amide bonds. The van der Waals surface area contributed by atoms with Crippen molar-refractivity contribution in [1.29, 1.82) is 5.26 Å². The van der Waals surface area contributed by atoms with Crippen LogP contribution in [0.5, 0.6) is 0 Å². The lowest BCUT2D eigenvalue weighted by Gasteiger charge is -2.25. The largest absolute Gasteiger partial charge is 0.417 e. The summed E-state index contributed by atoms with van der Waals surface area (Å²) in [6.07, 6.45) is -10.5. The van der Waals surface area contributed by atoms with Gasteiger partial charge in [0.25, 0.3) is 0 Å². The van der Waals surface area contributed by atoms with E-state index in [1.165, 1.54) is 12.1 Å². The summed E-state index contributed by atoms with van der Waals surface area (Å²) in [6.45, 7) is 0. The van der Waals surface area contributed by atoms with Gasteiger partial charge in [-0.3, -0.25) is 0 Å². The molecule has 0 fully saturated rings. The van der Waals surface area contributed by atoms with Crippen LogP contribution in [0.2, 0.25) is 0 Å². The molecular weight excluding hydrogens is 917 g/mol. The normalized spacial score (nSPS) is 12.0. The molecule has 12 aromatic rings. The Kier molecular flexibility index (Phi) is 10.4. The van der Waals surface area contributed by atoms with Crippen molar-refractivity contribution in [3.63, 3.8) is 0 Å². The molecule has 11 heteroatoms. The standard InChI is InChI=1S/C61H35F6N5/c62-60(63,64)46-20-11-21-47(61(65,66)67)58(46)59-56(71-52-26-9-7-18-42(52)44-30-28-40(34-54(44)71)50-24-12-22-48(69-50)38-14-3-1-4-15-38)32-37(36-68)33-57(59)72-53-27-10-8-19-43(53)45-31-29-41(35-55(45)72)51-25-13-23-49(70-51)39-16-5-2-6-17-39/h1-35H. The number of alkyl halides is 6. The summed E-state index contributed by atoms with van der Waals surface area (Å²) in [4.78, 5) is 9.98. The number of hydrogen-bond acceptors (Lipinski definition) is 3. The van der Waals surface area contributed by atoms with Crippen molar-refractivity contribution in [2.24, 2.45) is 0 Å². The number of pyridine rings is 2. The summed E-state index contributed by atoms with van der Waals surface area (Å²) >= 11 is 0. The number of hydrogen-bond donors (Lipinski definition) is 0. The first-order valence-corrected chi connectivity index (χ1v) is 22.9. The van der Waals surface area contributed by atoms with Gasteiger partial charge < -0.3 is 9.13 Å². The molecule has 0 spiro atoms. The third kappa shape index (κ3) is 7.43. The Bertz CT molecular complexity index is 3890. The smallest absolute Gasteiger partial charge is 0.308 e. The van der Waals surface area contributed by atoms with E-state index in [4.69, 9.17) is 9.97 Å². The van der Waals surface area contributed by atoms with Gasteiger partial charge in [0.1, 0.15) is 0 Å². The lowest BCUT2D eigenvalue weighted by atomic mass is 9.89. The number of fused-ring (bicyclic) bond motifs is 6. The van der Waals surface area contributed by atoms with Crippen LogP contribution in [0.25, 0.3) is 111 Å². The van der Waals surface area contributed by atoms with Crippen LogP contribution < -0.4 is 0 Å². The van der Waals surface area contributed by atoms with Crippen LogP contribution >= 0.6 is 0 Å². The van der Waals surface area contributed by atoms with E-state index in [1.54, 1.807) is 33.4 Å². The molecule has 72 heavy (non-hydrogen) atoms. The predicted molar refractivity (Wildman–Crippen MR) is 273 cm³/mol. The van der Waals surface area contributed by atoms with Crippen molar-refractivity contribution in [2.45, 2.75) is 12.4 Å². The van der Waals surface area contributed by atoms with Gasteiger partial charge in [0.2, 0.25) is 0 Å². The summed E-state index contributed by atoms with van der Waals surface area (Å²) in [5, 5.41) is 13.7. The van der Waals surface area contributed by atoms with Gasteiger partial charge in [0.05, 0.1) is 79.0 Å². The maximum Gasteiger partial charge on any atom is 0.417 e. The Morgan fingerprint density at radius 1 is 0.347 bits per heavy atom. The van der Waals surface area contributed by atoms with Crippen LogP contribution in [0.1, 0.15) is 16.7 Å². The predicted octanol–water partition coefficient (Wildman–Crippen LogP) is 16.9. The van der Waals surface area contributed by atoms with E-state index in [0.717, 1.165) is 17.2 Å². The maximum atomic E-state index is 15.8. The molecule has 0 saturated heterocycles. The first-order chi connectivity index (χ1) is 34.9. The zero-order chi connectivity index (χ0) is 49.3. The van der Waals surface area contributed by atoms with E-state index in [-0.39, 0.29) is 22.5 Å². The molecule has 0 bridgehead atoms. The van der Waals surface area contributed by atoms with Crippen LogP contribution in [0.15, 0.2) is 212 Å². The van der Waals surface area contributed by atoms with Crippen molar-refractivity contribution in [3.8, 4) is 73.6 Å². The van der Waals surface area contributed by atoms with Gasteiger partial charge in [-0.2, -0.15) is 31.6 Å². The molecule has 4 heterocycles. The average molecular weight is 952 g/mol. The lowest BCUT2D eigenvalue weighted by Crippen LogP contribution is -2.16. The number of nitrogens with zero attached hydrogens (tertiary/aromatic N) is 5. The van der Waals surface area contributed by atoms with E-state index in [0.29, 0.717) is 89.6 Å². The highest BCUT2D eigenvalue weighted by atomic mass is 19.4. The Balaban J connectivity index is 1.22. The molecule has 12 rings (SSSR count). The van der Waals surface area contributed by atoms with Gasteiger partial charge in [-0.25, -0.2) is 9.97 Å². The van der Waals surface area contributed by atoms with E-state index < -0.39 is 29.0 Å². The molecule has 0 atom stereocenters. The molecule has 0 unspecified atom stereocenters. The minimum Gasteiger partial charge on any atom is -0.308 e. The number of aromatic nitrogens is 4. The number of para-hydroxylation sites is 2. The zero-order valence-corrected chi connectivity index (χ0v) is 37.7. The monoisotopic (exact) mass is 951 g/mol. The van der Waals surface area contributed by atoms with E-state index in [2.05, 4.69) is 6.07 Å². The molecular formula is C61H35F6N5. The van der Waals surface area contributed by atoms with Crippen LogP contribution in [-0.4, -0.2) is 19.1 Å². The molecule has 0 N–H and O–H groups in total. The second kappa shape index (κ2) is 17.0. The van der Waals surface area contributed by atoms with Crippen molar-refractivity contribution >= 4 is 43.6 Å². The Hall–Kier alpha value is -9.27. The molecule has 346 valence electrons. The minimum atomic E-state index is -5.26. The number of halogens is 6. The Labute approximate surface area is 407 Å². The summed E-state index contributed by atoms with van der Waals surface area (Å²) in [6, 6.07) is 63.3. The van der Waals surface area contributed by atoms with E-state index in [1.807, 2.05) is 158 Å². The van der Waals surface area contributed by atoms with E-state index in [9.17, 15) is 5.26 Å². The molecule has 0 aliphatic heterocycles. The second-order valence-corrected chi connectivity index (χ2v) is 17.4. The Morgan fingerprint density at radius 3 is 1.14 bits per heavy atom. The Morgan fingerprint density at radius 2 is 0.722 bits per heavy atom.